The van der Waals surface area contributed by atoms with E-state index in [0.29, 0.717) is 0 Å². The molecule has 0 saturated carbocycles. The van der Waals surface area contributed by atoms with Crippen LogP contribution in [-0.4, -0.2) is 23.1 Å². The molecule has 2 aromatic rings. The van der Waals surface area contributed by atoms with Gasteiger partial charge in [0.2, 0.25) is 0 Å². The van der Waals surface area contributed by atoms with E-state index in [4.69, 9.17) is 4.74 Å². The monoisotopic (exact) mass is 366 g/mol. The summed E-state index contributed by atoms with van der Waals surface area (Å²) in [5.41, 5.74) is 2.81. The highest BCUT2D eigenvalue weighted by Crippen LogP contribution is 2.20. The van der Waals surface area contributed by atoms with Gasteiger partial charge in [0, 0.05) is 0 Å². The van der Waals surface area contributed by atoms with Crippen LogP contribution in [0.3, 0.4) is 0 Å². The van der Waals surface area contributed by atoms with Crippen LogP contribution in [0.2, 0.25) is 0 Å². The van der Waals surface area contributed by atoms with Crippen LogP contribution >= 0.6 is 0 Å². The summed E-state index contributed by atoms with van der Waals surface area (Å²) >= 11 is 0. The van der Waals surface area contributed by atoms with Crippen molar-refractivity contribution >= 4 is 11.9 Å². The van der Waals surface area contributed by atoms with Crippen molar-refractivity contribution in [3.05, 3.63) is 70.8 Å². The summed E-state index contributed by atoms with van der Waals surface area (Å²) in [6.45, 7) is 0. The predicted molar refractivity (Wildman–Crippen MR) is 104 cm³/mol. The summed E-state index contributed by atoms with van der Waals surface area (Å²) in [4.78, 5) is 23.9. The minimum atomic E-state index is -1.11. The zero-order chi connectivity index (χ0) is 19.1. The number of aromatic carboxylic acids is 1. The molecule has 1 N–H and O–H groups in total. The van der Waals surface area contributed by atoms with E-state index in [1.807, 2.05) is 0 Å². The molecular weight excluding hydrogens is 340 g/mol. The van der Waals surface area contributed by atoms with Gasteiger partial charge in [-0.2, -0.15) is 0 Å². The molecule has 2 aliphatic rings. The molecule has 0 fully saturated rings. The summed E-state index contributed by atoms with van der Waals surface area (Å²) in [5.74, 6) is -1.65. The predicted octanol–water partition coefficient (Wildman–Crippen LogP) is 5.05. The molecule has 0 amide bonds. The summed E-state index contributed by atoms with van der Waals surface area (Å²) in [5, 5.41) is 9.29. The molecule has 2 bridgehead atoms. The molecule has 0 radical (unpaired) electrons. The molecule has 0 heterocycles. The topological polar surface area (TPSA) is 63.6 Å². The van der Waals surface area contributed by atoms with Crippen LogP contribution in [0.5, 0.6) is 0 Å². The van der Waals surface area contributed by atoms with Crippen LogP contribution in [-0.2, 0) is 17.6 Å². The SMILES string of the molecule is O=C(O)c1ccccc1C(=O)O[C@@H]1CCCCCc2ccc(cc2)CCC1. The lowest BCUT2D eigenvalue weighted by atomic mass is 10.0. The van der Waals surface area contributed by atoms with Crippen molar-refractivity contribution in [2.45, 2.75) is 57.5 Å². The van der Waals surface area contributed by atoms with Crippen LogP contribution in [0, 0.1) is 0 Å². The zero-order valence-corrected chi connectivity index (χ0v) is 15.5. The minimum Gasteiger partial charge on any atom is -0.478 e. The fraction of sp³-hybridized carbons (Fsp3) is 0.391. The quantitative estimate of drug-likeness (QED) is 0.772. The molecule has 0 unspecified atom stereocenters. The summed E-state index contributed by atoms with van der Waals surface area (Å²) < 4.78 is 5.73. The summed E-state index contributed by atoms with van der Waals surface area (Å²) in [7, 11) is 0. The average Bonchev–Trinajstić information content (AvgIpc) is 2.71. The van der Waals surface area contributed by atoms with Crippen molar-refractivity contribution in [3.63, 3.8) is 0 Å². The van der Waals surface area contributed by atoms with Gasteiger partial charge in [0.25, 0.3) is 0 Å². The van der Waals surface area contributed by atoms with Gasteiger partial charge >= 0.3 is 11.9 Å². The number of hydrogen-bond donors (Lipinski definition) is 1. The minimum absolute atomic E-state index is 0.00741. The second-order valence-electron chi connectivity index (χ2n) is 7.19. The van der Waals surface area contributed by atoms with E-state index in [2.05, 4.69) is 24.3 Å². The summed E-state index contributed by atoms with van der Waals surface area (Å²) in [6, 6.07) is 15.1. The molecule has 4 nitrogen and oxygen atoms in total. The number of carbonyl (C=O) groups excluding carboxylic acids is 1. The Morgan fingerprint density at radius 1 is 0.778 bits per heavy atom. The van der Waals surface area contributed by atoms with Crippen molar-refractivity contribution in [1.82, 2.24) is 0 Å². The first-order chi connectivity index (χ1) is 13.1. The van der Waals surface area contributed by atoms with Gasteiger partial charge in [0.1, 0.15) is 6.10 Å². The molecular formula is C23H26O4. The van der Waals surface area contributed by atoms with Gasteiger partial charge in [-0.25, -0.2) is 9.59 Å². The van der Waals surface area contributed by atoms with Gasteiger partial charge in [-0.3, -0.25) is 0 Å². The van der Waals surface area contributed by atoms with Crippen molar-refractivity contribution in [2.24, 2.45) is 0 Å². The van der Waals surface area contributed by atoms with Gasteiger partial charge in [-0.1, -0.05) is 42.8 Å². The maximum atomic E-state index is 12.6. The van der Waals surface area contributed by atoms with Crippen LogP contribution in [0.25, 0.3) is 0 Å². The Labute approximate surface area is 160 Å². The molecule has 0 spiro atoms. The normalized spacial score (nSPS) is 18.0. The van der Waals surface area contributed by atoms with Crippen LogP contribution < -0.4 is 0 Å². The molecule has 4 heteroatoms. The third-order valence-electron chi connectivity index (χ3n) is 5.16. The van der Waals surface area contributed by atoms with E-state index in [-0.39, 0.29) is 17.2 Å². The van der Waals surface area contributed by atoms with E-state index in [9.17, 15) is 14.7 Å². The fourth-order valence-corrected chi connectivity index (χ4v) is 3.61. The number of benzene rings is 2. The molecule has 1 atom stereocenters. The molecule has 0 aromatic heterocycles. The third-order valence-corrected chi connectivity index (χ3v) is 5.16. The lowest BCUT2D eigenvalue weighted by molar-refractivity contribution is 0.0246. The average molecular weight is 366 g/mol. The Kier molecular flexibility index (Phi) is 6.64. The molecule has 2 aliphatic carbocycles. The van der Waals surface area contributed by atoms with Gasteiger partial charge in [-0.05, 0) is 68.2 Å². The molecule has 4 rings (SSSR count). The molecule has 2 aromatic carbocycles. The second kappa shape index (κ2) is 9.36. The number of fused-ring (bicyclic) bond motifs is 10. The number of carbonyl (C=O) groups is 2. The Morgan fingerprint density at radius 2 is 1.37 bits per heavy atom. The highest BCUT2D eigenvalue weighted by atomic mass is 16.5. The Hall–Kier alpha value is -2.62. The van der Waals surface area contributed by atoms with Crippen molar-refractivity contribution in [3.8, 4) is 0 Å². The van der Waals surface area contributed by atoms with E-state index in [1.54, 1.807) is 12.1 Å². The lowest BCUT2D eigenvalue weighted by Gasteiger charge is -2.18. The highest BCUT2D eigenvalue weighted by molar-refractivity contribution is 6.02. The number of carboxylic acids is 1. The Balaban J connectivity index is 1.66. The number of carboxylic acid groups (broad SMARTS) is 1. The van der Waals surface area contributed by atoms with Crippen molar-refractivity contribution < 1.29 is 19.4 Å². The number of esters is 1. The van der Waals surface area contributed by atoms with E-state index in [1.165, 1.54) is 23.3 Å². The van der Waals surface area contributed by atoms with Gasteiger partial charge in [0.15, 0.2) is 0 Å². The number of hydrogen-bond acceptors (Lipinski definition) is 3. The van der Waals surface area contributed by atoms with Crippen molar-refractivity contribution in [1.29, 1.82) is 0 Å². The molecule has 0 saturated heterocycles. The first-order valence-corrected chi connectivity index (χ1v) is 9.74. The van der Waals surface area contributed by atoms with E-state index in [0.717, 1.165) is 51.4 Å². The molecule has 27 heavy (non-hydrogen) atoms. The fourth-order valence-electron chi connectivity index (χ4n) is 3.61. The maximum Gasteiger partial charge on any atom is 0.339 e. The number of aryl methyl sites for hydroxylation is 2. The standard InChI is InChI=1S/C23H26O4/c24-22(25)20-11-4-5-12-21(20)23(26)27-19-9-3-1-2-7-17-13-15-18(16-14-17)8-6-10-19/h4-5,11-16,19H,1-3,6-10H2,(H,24,25)/t19-/m1/s1. The van der Waals surface area contributed by atoms with Crippen molar-refractivity contribution in [2.75, 3.05) is 0 Å². The van der Waals surface area contributed by atoms with E-state index >= 15 is 0 Å². The van der Waals surface area contributed by atoms with Gasteiger partial charge in [0.05, 0.1) is 11.1 Å². The van der Waals surface area contributed by atoms with Crippen LogP contribution in [0.15, 0.2) is 48.5 Å². The van der Waals surface area contributed by atoms with Gasteiger partial charge < -0.3 is 9.84 Å². The summed E-state index contributed by atoms with van der Waals surface area (Å²) in [6.07, 6.45) is 7.67. The van der Waals surface area contributed by atoms with Gasteiger partial charge in [-0.15, -0.1) is 0 Å². The van der Waals surface area contributed by atoms with E-state index < -0.39 is 11.9 Å². The third kappa shape index (κ3) is 5.43. The maximum absolute atomic E-state index is 12.6. The smallest absolute Gasteiger partial charge is 0.339 e. The zero-order valence-electron chi connectivity index (χ0n) is 15.5. The first kappa shape index (κ1) is 19.2. The highest BCUT2D eigenvalue weighted by Gasteiger charge is 2.21. The lowest BCUT2D eigenvalue weighted by Crippen LogP contribution is -2.20. The molecule has 0 aliphatic heterocycles. The first-order valence-electron chi connectivity index (χ1n) is 9.74. The molecule has 142 valence electrons. The Bertz CT molecular complexity index is 779. The van der Waals surface area contributed by atoms with Crippen LogP contribution in [0.1, 0.15) is 70.4 Å². The second-order valence-corrected chi connectivity index (χ2v) is 7.19. The Morgan fingerprint density at radius 3 is 2.04 bits per heavy atom. The van der Waals surface area contributed by atoms with Crippen LogP contribution in [0.4, 0.5) is 0 Å². The number of ether oxygens (including phenoxy) is 1. The number of rotatable bonds is 3. The largest absolute Gasteiger partial charge is 0.478 e.